The molecular formula is C32H31ClFN5O7. The molecule has 14 heteroatoms. The number of hydrogen-bond donors (Lipinski definition) is 2. The Bertz CT molecular complexity index is 1790. The van der Waals surface area contributed by atoms with Crippen LogP contribution in [0.2, 0.25) is 5.02 Å². The lowest BCUT2D eigenvalue weighted by Crippen LogP contribution is -2.25. The van der Waals surface area contributed by atoms with E-state index in [1.807, 2.05) is 0 Å². The van der Waals surface area contributed by atoms with Crippen LogP contribution in [0.15, 0.2) is 65.9 Å². The molecule has 4 aromatic rings. The molecule has 0 spiro atoms. The molecule has 4 rings (SSSR count). The van der Waals surface area contributed by atoms with Crippen LogP contribution in [0.3, 0.4) is 0 Å². The number of aliphatic imine (C=N–C) groups is 1. The van der Waals surface area contributed by atoms with E-state index in [0.717, 1.165) is 0 Å². The van der Waals surface area contributed by atoms with Gasteiger partial charge in [0.1, 0.15) is 23.5 Å². The average molecular weight is 652 g/mol. The van der Waals surface area contributed by atoms with Gasteiger partial charge in [-0.2, -0.15) is 4.99 Å². The predicted molar refractivity (Wildman–Crippen MR) is 171 cm³/mol. The van der Waals surface area contributed by atoms with Crippen molar-refractivity contribution in [1.29, 1.82) is 0 Å². The minimum absolute atomic E-state index is 0.00444. The topological polar surface area (TPSA) is 150 Å². The van der Waals surface area contributed by atoms with E-state index in [0.29, 0.717) is 27.9 Å². The van der Waals surface area contributed by atoms with Crippen molar-refractivity contribution in [2.24, 2.45) is 4.99 Å². The Kier molecular flexibility index (Phi) is 10.7. The summed E-state index contributed by atoms with van der Waals surface area (Å²) in [7, 11) is 2.63. The summed E-state index contributed by atoms with van der Waals surface area (Å²) in [6.45, 7) is 4.68. The van der Waals surface area contributed by atoms with Gasteiger partial charge in [0, 0.05) is 23.6 Å². The lowest BCUT2D eigenvalue weighted by molar-refractivity contribution is -0.132. The van der Waals surface area contributed by atoms with E-state index in [-0.39, 0.29) is 41.0 Å². The van der Waals surface area contributed by atoms with Crippen LogP contribution in [-0.4, -0.2) is 60.1 Å². The molecule has 0 fully saturated rings. The minimum Gasteiger partial charge on any atom is -0.493 e. The highest BCUT2D eigenvalue weighted by Crippen LogP contribution is 2.35. The first kappa shape index (κ1) is 33.6. The quantitative estimate of drug-likeness (QED) is 0.148. The van der Waals surface area contributed by atoms with E-state index in [9.17, 15) is 18.8 Å². The van der Waals surface area contributed by atoms with E-state index in [1.165, 1.54) is 32.7 Å². The van der Waals surface area contributed by atoms with Crippen molar-refractivity contribution in [3.63, 3.8) is 0 Å². The van der Waals surface area contributed by atoms with Crippen LogP contribution in [-0.2, 0) is 25.5 Å². The molecular weight excluding hydrogens is 621 g/mol. The van der Waals surface area contributed by atoms with Crippen LogP contribution in [0.4, 0.5) is 26.4 Å². The first-order valence-corrected chi connectivity index (χ1v) is 14.2. The second-order valence-corrected chi connectivity index (χ2v) is 11.1. The number of rotatable bonds is 10. The lowest BCUT2D eigenvalue weighted by Gasteiger charge is -2.17. The van der Waals surface area contributed by atoms with Crippen molar-refractivity contribution in [2.75, 3.05) is 31.5 Å². The van der Waals surface area contributed by atoms with Crippen molar-refractivity contribution < 1.29 is 37.7 Å². The number of carbonyl (C=O) groups excluding carboxylic acids is 3. The van der Waals surface area contributed by atoms with Gasteiger partial charge in [0.05, 0.1) is 30.4 Å². The highest BCUT2D eigenvalue weighted by Gasteiger charge is 2.20. The number of carbonyl (C=O) groups is 3. The summed E-state index contributed by atoms with van der Waals surface area (Å²) in [5.74, 6) is -1.05. The number of amides is 2. The van der Waals surface area contributed by atoms with E-state index >= 15 is 0 Å². The fraction of sp³-hybridized carbons (Fsp3) is 0.250. The zero-order chi connectivity index (χ0) is 33.4. The molecule has 0 aliphatic heterocycles. The van der Waals surface area contributed by atoms with Gasteiger partial charge in [0.15, 0.2) is 23.9 Å². The maximum absolute atomic E-state index is 14.5. The summed E-state index contributed by atoms with van der Waals surface area (Å²) < 4.78 is 35.6. The molecule has 240 valence electrons. The molecule has 2 N–H and O–H groups in total. The van der Waals surface area contributed by atoms with Crippen LogP contribution in [0.5, 0.6) is 11.5 Å². The van der Waals surface area contributed by atoms with Crippen LogP contribution >= 0.6 is 11.6 Å². The number of ether oxygens (including phenoxy) is 4. The van der Waals surface area contributed by atoms with Crippen LogP contribution in [0.1, 0.15) is 26.3 Å². The van der Waals surface area contributed by atoms with E-state index in [2.05, 4.69) is 25.6 Å². The molecule has 12 nitrogen and oxygen atoms in total. The van der Waals surface area contributed by atoms with Gasteiger partial charge < -0.3 is 29.6 Å². The third-order valence-electron chi connectivity index (χ3n) is 6.13. The third kappa shape index (κ3) is 8.88. The number of fused-ring (bicyclic) bond motifs is 1. The van der Waals surface area contributed by atoms with Crippen LogP contribution in [0.25, 0.3) is 10.9 Å². The van der Waals surface area contributed by atoms with Gasteiger partial charge in [0.25, 0.3) is 5.91 Å². The van der Waals surface area contributed by atoms with Crippen molar-refractivity contribution in [3.8, 4) is 11.5 Å². The number of hydrogen-bond acceptors (Lipinski definition) is 10. The molecule has 0 saturated heterocycles. The number of nitrogens with one attached hydrogen (secondary N) is 2. The molecule has 46 heavy (non-hydrogen) atoms. The van der Waals surface area contributed by atoms with Gasteiger partial charge in [-0.3, -0.25) is 4.79 Å². The number of aromatic nitrogens is 2. The SMILES string of the molecule is COC(=O)/C(Cc1ccc(NC(=O)COc2cc3c(Nc4cccc(Cl)c4F)ncnc3cc2OC)cc1)=N\C(=O)OC(C)(C)C. The Balaban J connectivity index is 1.44. The summed E-state index contributed by atoms with van der Waals surface area (Å²) in [5.41, 5.74) is 0.778. The summed E-state index contributed by atoms with van der Waals surface area (Å²) in [5, 5.41) is 6.08. The van der Waals surface area contributed by atoms with Crippen LogP contribution < -0.4 is 20.1 Å². The lowest BCUT2D eigenvalue weighted by atomic mass is 10.1. The van der Waals surface area contributed by atoms with Crippen molar-refractivity contribution in [3.05, 3.63) is 77.3 Å². The zero-order valence-corrected chi connectivity index (χ0v) is 26.4. The second kappa shape index (κ2) is 14.7. The molecule has 0 saturated carbocycles. The molecule has 0 aliphatic carbocycles. The summed E-state index contributed by atoms with van der Waals surface area (Å²) in [4.78, 5) is 49.3. The fourth-order valence-corrected chi connectivity index (χ4v) is 4.25. The molecule has 0 radical (unpaired) electrons. The number of nitrogens with zero attached hydrogens (tertiary/aromatic N) is 3. The Morgan fingerprint density at radius 3 is 2.41 bits per heavy atom. The Morgan fingerprint density at radius 2 is 1.74 bits per heavy atom. The van der Waals surface area contributed by atoms with Gasteiger partial charge in [-0.15, -0.1) is 0 Å². The minimum atomic E-state index is -0.908. The van der Waals surface area contributed by atoms with E-state index < -0.39 is 29.4 Å². The van der Waals surface area contributed by atoms with Crippen molar-refractivity contribution in [2.45, 2.75) is 32.8 Å². The van der Waals surface area contributed by atoms with Crippen molar-refractivity contribution in [1.82, 2.24) is 9.97 Å². The van der Waals surface area contributed by atoms with Gasteiger partial charge in [-0.25, -0.2) is 23.9 Å². The fourth-order valence-electron chi connectivity index (χ4n) is 4.07. The molecule has 2 amide bonds. The number of anilines is 3. The highest BCUT2D eigenvalue weighted by molar-refractivity contribution is 6.38. The molecule has 3 aromatic carbocycles. The first-order chi connectivity index (χ1) is 21.9. The summed E-state index contributed by atoms with van der Waals surface area (Å²) in [6.07, 6.45) is 0.403. The van der Waals surface area contributed by atoms with Gasteiger partial charge in [-0.05, 0) is 56.7 Å². The van der Waals surface area contributed by atoms with Gasteiger partial charge in [-0.1, -0.05) is 29.8 Å². The second-order valence-electron chi connectivity index (χ2n) is 10.7. The number of esters is 1. The molecule has 0 bridgehead atoms. The molecule has 1 aromatic heterocycles. The highest BCUT2D eigenvalue weighted by atomic mass is 35.5. The average Bonchev–Trinajstić information content (AvgIpc) is 3.01. The maximum atomic E-state index is 14.5. The standard InChI is InChI=1S/C32H31ClFN5O7/c1-32(2,3)46-31(42)39-24(30(41)44-5)13-18-9-11-19(12-10-18)37-27(40)16-45-26-14-20-23(15-25(26)43-4)35-17-36-29(20)38-22-8-6-7-21(33)28(22)34/h6-12,14-15,17H,13,16H2,1-5H3,(H,37,40)(H,35,36,38)/b39-24-. The van der Waals surface area contributed by atoms with Crippen LogP contribution in [0, 0.1) is 5.82 Å². The van der Waals surface area contributed by atoms with Gasteiger partial charge >= 0.3 is 12.1 Å². The Hall–Kier alpha value is -5.30. The third-order valence-corrected chi connectivity index (χ3v) is 6.43. The summed E-state index contributed by atoms with van der Waals surface area (Å²) in [6, 6.07) is 14.3. The largest absolute Gasteiger partial charge is 0.493 e. The zero-order valence-electron chi connectivity index (χ0n) is 25.6. The summed E-state index contributed by atoms with van der Waals surface area (Å²) >= 11 is 5.91. The Labute approximate surface area is 268 Å². The number of benzene rings is 3. The van der Waals surface area contributed by atoms with Gasteiger partial charge in [0.2, 0.25) is 0 Å². The van der Waals surface area contributed by atoms with E-state index in [4.69, 9.17) is 30.5 Å². The molecule has 0 atom stereocenters. The maximum Gasteiger partial charge on any atom is 0.434 e. The number of halogens is 2. The van der Waals surface area contributed by atoms with E-state index in [1.54, 1.807) is 63.2 Å². The monoisotopic (exact) mass is 651 g/mol. The normalized spacial score (nSPS) is 11.5. The molecule has 1 heterocycles. The smallest absolute Gasteiger partial charge is 0.434 e. The number of methoxy groups -OCH3 is 2. The Morgan fingerprint density at radius 1 is 1.00 bits per heavy atom. The molecule has 0 aliphatic rings. The first-order valence-electron chi connectivity index (χ1n) is 13.8. The predicted octanol–water partition coefficient (Wildman–Crippen LogP) is 6.28. The molecule has 0 unspecified atom stereocenters. The van der Waals surface area contributed by atoms with Crippen molar-refractivity contribution >= 4 is 63.4 Å².